The molecule has 3 heteroatoms. The standard InChI is InChI=1S/C18H12F2S/c19-14-6-9-16(10-7-14)21-18-11-8-15(20)12-17(18)13-4-2-1-3-5-13/h1-12H. The zero-order valence-electron chi connectivity index (χ0n) is 11.1. The molecule has 0 saturated carbocycles. The molecule has 0 aliphatic carbocycles. The Morgan fingerprint density at radius 3 is 2.05 bits per heavy atom. The average molecular weight is 298 g/mol. The van der Waals surface area contributed by atoms with Crippen LogP contribution in [0.2, 0.25) is 0 Å². The maximum absolute atomic E-state index is 13.6. The second-order valence-electron chi connectivity index (χ2n) is 4.56. The Morgan fingerprint density at radius 1 is 0.667 bits per heavy atom. The van der Waals surface area contributed by atoms with Crippen molar-refractivity contribution >= 4 is 11.8 Å². The third-order valence-corrected chi connectivity index (χ3v) is 4.15. The third kappa shape index (κ3) is 3.31. The SMILES string of the molecule is Fc1ccc(Sc2ccc(F)cc2-c2ccccc2)cc1. The summed E-state index contributed by atoms with van der Waals surface area (Å²) >= 11 is 1.49. The Bertz CT molecular complexity index is 737. The summed E-state index contributed by atoms with van der Waals surface area (Å²) in [6.07, 6.45) is 0. The molecule has 0 nitrogen and oxygen atoms in total. The molecule has 0 saturated heterocycles. The van der Waals surface area contributed by atoms with E-state index in [2.05, 4.69) is 0 Å². The number of rotatable bonds is 3. The zero-order valence-corrected chi connectivity index (χ0v) is 11.9. The van der Waals surface area contributed by atoms with Crippen molar-refractivity contribution in [3.05, 3.63) is 84.4 Å². The predicted octanol–water partition coefficient (Wildman–Crippen LogP) is 5.78. The largest absolute Gasteiger partial charge is 0.207 e. The molecule has 0 fully saturated rings. The van der Waals surface area contributed by atoms with Crippen LogP contribution in [0.1, 0.15) is 0 Å². The van der Waals surface area contributed by atoms with E-state index >= 15 is 0 Å². The smallest absolute Gasteiger partial charge is 0.123 e. The molecule has 3 aromatic rings. The van der Waals surface area contributed by atoms with Gasteiger partial charge < -0.3 is 0 Å². The fourth-order valence-electron chi connectivity index (χ4n) is 2.06. The summed E-state index contributed by atoms with van der Waals surface area (Å²) in [7, 11) is 0. The molecule has 0 N–H and O–H groups in total. The van der Waals surface area contributed by atoms with Gasteiger partial charge in [-0.2, -0.15) is 0 Å². The van der Waals surface area contributed by atoms with Crippen LogP contribution in [0.15, 0.2) is 82.6 Å². The lowest BCUT2D eigenvalue weighted by atomic mass is 10.1. The molecule has 21 heavy (non-hydrogen) atoms. The molecule has 0 radical (unpaired) electrons. The van der Waals surface area contributed by atoms with Gasteiger partial charge in [-0.3, -0.25) is 0 Å². The first-order chi connectivity index (χ1) is 10.2. The maximum atomic E-state index is 13.6. The molecule has 0 aliphatic heterocycles. The highest BCUT2D eigenvalue weighted by Gasteiger charge is 2.08. The van der Waals surface area contributed by atoms with Gasteiger partial charge in [-0.25, -0.2) is 8.78 Å². The number of hydrogen-bond acceptors (Lipinski definition) is 1. The number of halogens is 2. The molecule has 0 bridgehead atoms. The fourth-order valence-corrected chi connectivity index (χ4v) is 3.01. The van der Waals surface area contributed by atoms with Crippen LogP contribution in [0.4, 0.5) is 8.78 Å². The lowest BCUT2D eigenvalue weighted by Crippen LogP contribution is -1.85. The van der Waals surface area contributed by atoms with Crippen molar-refractivity contribution in [2.75, 3.05) is 0 Å². The first kappa shape index (κ1) is 13.8. The van der Waals surface area contributed by atoms with Crippen molar-refractivity contribution in [1.29, 1.82) is 0 Å². The summed E-state index contributed by atoms with van der Waals surface area (Å²) in [4.78, 5) is 1.86. The molecule has 3 rings (SSSR count). The van der Waals surface area contributed by atoms with Crippen LogP contribution in [0.5, 0.6) is 0 Å². The van der Waals surface area contributed by atoms with Crippen molar-refractivity contribution < 1.29 is 8.78 Å². The van der Waals surface area contributed by atoms with Crippen LogP contribution < -0.4 is 0 Å². The van der Waals surface area contributed by atoms with Crippen LogP contribution in [0, 0.1) is 11.6 Å². The van der Waals surface area contributed by atoms with E-state index in [1.54, 1.807) is 18.2 Å². The molecule has 0 amide bonds. The molecule has 0 heterocycles. The van der Waals surface area contributed by atoms with Crippen LogP contribution in [0.3, 0.4) is 0 Å². The molecule has 0 unspecified atom stereocenters. The van der Waals surface area contributed by atoms with E-state index in [1.807, 2.05) is 30.3 Å². The Morgan fingerprint density at radius 2 is 1.33 bits per heavy atom. The molecule has 3 aromatic carbocycles. The van der Waals surface area contributed by atoms with Gasteiger partial charge in [0.15, 0.2) is 0 Å². The molecular formula is C18H12F2S. The van der Waals surface area contributed by atoms with Crippen molar-refractivity contribution in [1.82, 2.24) is 0 Å². The third-order valence-electron chi connectivity index (χ3n) is 3.07. The monoisotopic (exact) mass is 298 g/mol. The molecule has 0 aliphatic rings. The van der Waals surface area contributed by atoms with Gasteiger partial charge in [-0.05, 0) is 53.6 Å². The van der Waals surface area contributed by atoms with Gasteiger partial charge in [0.25, 0.3) is 0 Å². The van der Waals surface area contributed by atoms with Crippen molar-refractivity contribution in [3.8, 4) is 11.1 Å². The normalized spacial score (nSPS) is 10.6. The van der Waals surface area contributed by atoms with Gasteiger partial charge in [0, 0.05) is 9.79 Å². The quantitative estimate of drug-likeness (QED) is 0.590. The van der Waals surface area contributed by atoms with Gasteiger partial charge in [-0.15, -0.1) is 0 Å². The molecule has 0 atom stereocenters. The molecule has 0 spiro atoms. The summed E-state index contributed by atoms with van der Waals surface area (Å²) in [5.74, 6) is -0.529. The number of hydrogen-bond donors (Lipinski definition) is 0. The van der Waals surface area contributed by atoms with Crippen LogP contribution in [-0.4, -0.2) is 0 Å². The van der Waals surface area contributed by atoms with Gasteiger partial charge in [0.2, 0.25) is 0 Å². The first-order valence-corrected chi connectivity index (χ1v) is 7.32. The number of benzene rings is 3. The molecule has 0 aromatic heterocycles. The predicted molar refractivity (Wildman–Crippen MR) is 82.4 cm³/mol. The van der Waals surface area contributed by atoms with E-state index < -0.39 is 0 Å². The summed E-state index contributed by atoms with van der Waals surface area (Å²) in [6.45, 7) is 0. The first-order valence-electron chi connectivity index (χ1n) is 6.51. The Labute approximate surface area is 126 Å². The van der Waals surface area contributed by atoms with Gasteiger partial charge in [-0.1, -0.05) is 42.1 Å². The topological polar surface area (TPSA) is 0 Å². The summed E-state index contributed by atoms with van der Waals surface area (Å²) in [5.41, 5.74) is 1.80. The van der Waals surface area contributed by atoms with Gasteiger partial charge in [0.1, 0.15) is 11.6 Å². The Balaban J connectivity index is 2.00. The molecule has 104 valence electrons. The Kier molecular flexibility index (Phi) is 4.02. The van der Waals surface area contributed by atoms with Crippen LogP contribution in [-0.2, 0) is 0 Å². The van der Waals surface area contributed by atoms with Gasteiger partial charge >= 0.3 is 0 Å². The maximum Gasteiger partial charge on any atom is 0.123 e. The minimum absolute atomic E-state index is 0.262. The second kappa shape index (κ2) is 6.10. The second-order valence-corrected chi connectivity index (χ2v) is 5.68. The minimum atomic E-state index is -0.266. The van der Waals surface area contributed by atoms with E-state index in [4.69, 9.17) is 0 Å². The van der Waals surface area contributed by atoms with E-state index in [0.29, 0.717) is 0 Å². The lowest BCUT2D eigenvalue weighted by molar-refractivity contribution is 0.626. The van der Waals surface area contributed by atoms with Crippen LogP contribution >= 0.6 is 11.8 Å². The minimum Gasteiger partial charge on any atom is -0.207 e. The summed E-state index contributed by atoms with van der Waals surface area (Å²) in [5, 5.41) is 0. The average Bonchev–Trinajstić information content (AvgIpc) is 2.52. The summed E-state index contributed by atoms with van der Waals surface area (Å²) in [6, 6.07) is 20.7. The van der Waals surface area contributed by atoms with E-state index in [1.165, 1.54) is 36.0 Å². The van der Waals surface area contributed by atoms with E-state index in [0.717, 1.165) is 20.9 Å². The van der Waals surface area contributed by atoms with E-state index in [-0.39, 0.29) is 11.6 Å². The van der Waals surface area contributed by atoms with Gasteiger partial charge in [0.05, 0.1) is 0 Å². The highest BCUT2D eigenvalue weighted by Crippen LogP contribution is 2.36. The van der Waals surface area contributed by atoms with Crippen molar-refractivity contribution in [3.63, 3.8) is 0 Å². The lowest BCUT2D eigenvalue weighted by Gasteiger charge is -2.10. The van der Waals surface area contributed by atoms with Crippen molar-refractivity contribution in [2.45, 2.75) is 9.79 Å². The molecular weight excluding hydrogens is 286 g/mol. The zero-order chi connectivity index (χ0) is 14.7. The van der Waals surface area contributed by atoms with Crippen LogP contribution in [0.25, 0.3) is 11.1 Å². The summed E-state index contributed by atoms with van der Waals surface area (Å²) < 4.78 is 26.5. The van der Waals surface area contributed by atoms with E-state index in [9.17, 15) is 8.78 Å². The fraction of sp³-hybridized carbons (Fsp3) is 0. The Hall–Kier alpha value is -2.13. The van der Waals surface area contributed by atoms with Crippen molar-refractivity contribution in [2.24, 2.45) is 0 Å². The highest BCUT2D eigenvalue weighted by molar-refractivity contribution is 7.99. The highest BCUT2D eigenvalue weighted by atomic mass is 32.2.